The van der Waals surface area contributed by atoms with Gasteiger partial charge >= 0.3 is 0 Å². The fraction of sp³-hybridized carbons (Fsp3) is 0. The molecule has 0 saturated heterocycles. The van der Waals surface area contributed by atoms with E-state index in [9.17, 15) is 0 Å². The van der Waals surface area contributed by atoms with Crippen LogP contribution in [0.5, 0.6) is 0 Å². The van der Waals surface area contributed by atoms with Gasteiger partial charge in [-0.3, -0.25) is 0 Å². The number of nitrogens with one attached hydrogen (secondary N) is 1. The highest BCUT2D eigenvalue weighted by Crippen LogP contribution is 2.36. The van der Waals surface area contributed by atoms with Crippen LogP contribution in [0.1, 0.15) is 0 Å². The molecular weight excluding hydrogens is 510 g/mol. The van der Waals surface area contributed by atoms with Crippen LogP contribution in [0.25, 0.3) is 66.1 Å². The van der Waals surface area contributed by atoms with Crippen LogP contribution in [0.15, 0.2) is 162 Å². The molecule has 8 aromatic rings. The van der Waals surface area contributed by atoms with Crippen LogP contribution in [0.2, 0.25) is 0 Å². The minimum absolute atomic E-state index is 0.919. The van der Waals surface area contributed by atoms with E-state index in [2.05, 4.69) is 151 Å². The van der Waals surface area contributed by atoms with Gasteiger partial charge in [-0.25, -0.2) is 0 Å². The molecule has 0 atom stereocenters. The lowest BCUT2D eigenvalue weighted by Gasteiger charge is -2.10. The number of rotatable bonds is 5. The highest BCUT2D eigenvalue weighted by atomic mass is 16.3. The maximum absolute atomic E-state index is 6.24. The third kappa shape index (κ3) is 4.40. The summed E-state index contributed by atoms with van der Waals surface area (Å²) in [4.78, 5) is 0. The van der Waals surface area contributed by atoms with Gasteiger partial charge in [0.05, 0.1) is 0 Å². The van der Waals surface area contributed by atoms with Gasteiger partial charge in [-0.05, 0) is 75.0 Å². The molecular formula is C40H27NO. The first-order valence-electron chi connectivity index (χ1n) is 14.3. The quantitative estimate of drug-likeness (QED) is 0.236. The van der Waals surface area contributed by atoms with Crippen LogP contribution in [-0.2, 0) is 0 Å². The van der Waals surface area contributed by atoms with Gasteiger partial charge in [-0.2, -0.15) is 0 Å². The number of anilines is 2. The van der Waals surface area contributed by atoms with Crippen molar-refractivity contribution in [2.45, 2.75) is 0 Å². The molecule has 0 aliphatic carbocycles. The Morgan fingerprint density at radius 2 is 0.929 bits per heavy atom. The zero-order valence-corrected chi connectivity index (χ0v) is 22.9. The van der Waals surface area contributed by atoms with Crippen LogP contribution < -0.4 is 5.32 Å². The van der Waals surface area contributed by atoms with Gasteiger partial charge in [0.25, 0.3) is 0 Å². The molecule has 198 valence electrons. The van der Waals surface area contributed by atoms with Crippen molar-refractivity contribution < 1.29 is 4.42 Å². The molecule has 7 aromatic carbocycles. The third-order valence-corrected chi connectivity index (χ3v) is 8.07. The Kier molecular flexibility index (Phi) is 5.82. The van der Waals surface area contributed by atoms with Gasteiger partial charge in [-0.15, -0.1) is 0 Å². The SMILES string of the molecule is c1ccc2cc(-c3ccc(-c4ccc(Nc5ccc(-c6cccc7c6oc6ccccc67)cc5)cc4)cc3)ccc2c1. The number of para-hydroxylation sites is 2. The Bertz CT molecular complexity index is 2190. The minimum Gasteiger partial charge on any atom is -0.455 e. The maximum atomic E-state index is 6.24. The summed E-state index contributed by atoms with van der Waals surface area (Å²) >= 11 is 0. The molecule has 0 unspecified atom stereocenters. The van der Waals surface area contributed by atoms with Crippen LogP contribution in [0.4, 0.5) is 11.4 Å². The first kappa shape index (κ1) is 24.2. The van der Waals surface area contributed by atoms with Gasteiger partial charge < -0.3 is 9.73 Å². The van der Waals surface area contributed by atoms with Crippen molar-refractivity contribution in [1.29, 1.82) is 0 Å². The van der Waals surface area contributed by atoms with Crippen molar-refractivity contribution in [2.24, 2.45) is 0 Å². The molecule has 1 N–H and O–H groups in total. The van der Waals surface area contributed by atoms with Gasteiger partial charge in [0.2, 0.25) is 0 Å². The van der Waals surface area contributed by atoms with E-state index < -0.39 is 0 Å². The van der Waals surface area contributed by atoms with E-state index in [1.807, 2.05) is 12.1 Å². The molecule has 42 heavy (non-hydrogen) atoms. The van der Waals surface area contributed by atoms with Crippen LogP contribution >= 0.6 is 0 Å². The summed E-state index contributed by atoms with van der Waals surface area (Å²) in [7, 11) is 0. The molecule has 0 bridgehead atoms. The molecule has 0 amide bonds. The molecule has 0 saturated carbocycles. The second-order valence-electron chi connectivity index (χ2n) is 10.7. The van der Waals surface area contributed by atoms with E-state index in [0.717, 1.165) is 44.4 Å². The van der Waals surface area contributed by atoms with E-state index in [0.29, 0.717) is 0 Å². The average Bonchev–Trinajstić information content (AvgIpc) is 3.44. The number of furan rings is 1. The monoisotopic (exact) mass is 537 g/mol. The first-order valence-corrected chi connectivity index (χ1v) is 14.3. The van der Waals surface area contributed by atoms with Gasteiger partial charge in [0.1, 0.15) is 11.2 Å². The summed E-state index contributed by atoms with van der Waals surface area (Å²) in [6.45, 7) is 0. The summed E-state index contributed by atoms with van der Waals surface area (Å²) < 4.78 is 6.24. The molecule has 2 nitrogen and oxygen atoms in total. The average molecular weight is 538 g/mol. The topological polar surface area (TPSA) is 25.2 Å². The molecule has 1 aromatic heterocycles. The normalized spacial score (nSPS) is 11.3. The summed E-state index contributed by atoms with van der Waals surface area (Å²) in [6, 6.07) is 55.7. The number of hydrogen-bond acceptors (Lipinski definition) is 2. The lowest BCUT2D eigenvalue weighted by molar-refractivity contribution is 0.670. The van der Waals surface area contributed by atoms with E-state index in [4.69, 9.17) is 4.42 Å². The van der Waals surface area contributed by atoms with Gasteiger partial charge in [0, 0.05) is 27.7 Å². The van der Waals surface area contributed by atoms with Crippen LogP contribution in [0.3, 0.4) is 0 Å². The van der Waals surface area contributed by atoms with E-state index in [1.54, 1.807) is 0 Å². The molecule has 0 aliphatic heterocycles. The highest BCUT2D eigenvalue weighted by molar-refractivity contribution is 6.09. The molecule has 8 rings (SSSR count). The fourth-order valence-corrected chi connectivity index (χ4v) is 5.84. The van der Waals surface area contributed by atoms with Crippen molar-refractivity contribution in [3.63, 3.8) is 0 Å². The Labute approximate surface area is 244 Å². The molecule has 0 radical (unpaired) electrons. The van der Waals surface area contributed by atoms with E-state index in [1.165, 1.54) is 33.0 Å². The lowest BCUT2D eigenvalue weighted by atomic mass is 9.98. The van der Waals surface area contributed by atoms with Crippen molar-refractivity contribution >= 4 is 44.1 Å². The maximum Gasteiger partial charge on any atom is 0.143 e. The standard InChI is InChI=1S/C40H27NO/c1-2-7-32-26-33(17-16-27(32)6-1)30-14-12-28(13-15-30)29-18-22-34(23-19-29)41-35-24-20-31(21-25-35)36-9-5-10-38-37-8-3-4-11-39(37)42-40(36)38/h1-26,41H. The molecule has 1 heterocycles. The first-order chi connectivity index (χ1) is 20.8. The smallest absolute Gasteiger partial charge is 0.143 e. The Morgan fingerprint density at radius 1 is 0.381 bits per heavy atom. The number of fused-ring (bicyclic) bond motifs is 4. The largest absolute Gasteiger partial charge is 0.455 e. The highest BCUT2D eigenvalue weighted by Gasteiger charge is 2.11. The van der Waals surface area contributed by atoms with Crippen LogP contribution in [0, 0.1) is 0 Å². The predicted molar refractivity (Wildman–Crippen MR) is 177 cm³/mol. The van der Waals surface area contributed by atoms with Crippen molar-refractivity contribution in [1.82, 2.24) is 0 Å². The van der Waals surface area contributed by atoms with E-state index in [-0.39, 0.29) is 0 Å². The van der Waals surface area contributed by atoms with Crippen molar-refractivity contribution in [3.8, 4) is 33.4 Å². The van der Waals surface area contributed by atoms with Crippen LogP contribution in [-0.4, -0.2) is 0 Å². The summed E-state index contributed by atoms with van der Waals surface area (Å²) in [5, 5.41) is 8.37. The zero-order valence-electron chi connectivity index (χ0n) is 22.9. The molecule has 0 aliphatic rings. The van der Waals surface area contributed by atoms with Crippen molar-refractivity contribution in [3.05, 3.63) is 158 Å². The van der Waals surface area contributed by atoms with Crippen molar-refractivity contribution in [2.75, 3.05) is 5.32 Å². The minimum atomic E-state index is 0.919. The summed E-state index contributed by atoms with van der Waals surface area (Å²) in [5.41, 5.74) is 11.0. The number of benzene rings is 7. The molecule has 0 fully saturated rings. The Balaban J connectivity index is 0.989. The van der Waals surface area contributed by atoms with E-state index >= 15 is 0 Å². The lowest BCUT2D eigenvalue weighted by Crippen LogP contribution is -1.90. The zero-order chi connectivity index (χ0) is 27.9. The second-order valence-corrected chi connectivity index (χ2v) is 10.7. The predicted octanol–water partition coefficient (Wildman–Crippen LogP) is 11.5. The summed E-state index contributed by atoms with van der Waals surface area (Å²) in [6.07, 6.45) is 0. The molecule has 0 spiro atoms. The summed E-state index contributed by atoms with van der Waals surface area (Å²) in [5.74, 6) is 0. The third-order valence-electron chi connectivity index (χ3n) is 8.07. The van der Waals surface area contributed by atoms with Gasteiger partial charge in [-0.1, -0.05) is 121 Å². The number of hydrogen-bond donors (Lipinski definition) is 1. The second kappa shape index (κ2) is 10.1. The fourth-order valence-electron chi connectivity index (χ4n) is 5.84. The Hall–Kier alpha value is -5.60. The molecule has 2 heteroatoms. The Morgan fingerprint density at radius 3 is 1.67 bits per heavy atom. The van der Waals surface area contributed by atoms with Gasteiger partial charge in [0.15, 0.2) is 0 Å².